The van der Waals surface area contributed by atoms with Gasteiger partial charge in [0.15, 0.2) is 0 Å². The summed E-state index contributed by atoms with van der Waals surface area (Å²) >= 11 is 1.69. The molecule has 1 aromatic heterocycles. The van der Waals surface area contributed by atoms with Gasteiger partial charge in [0.25, 0.3) is 0 Å². The van der Waals surface area contributed by atoms with E-state index in [4.69, 9.17) is 0 Å². The molecule has 3 heterocycles. The van der Waals surface area contributed by atoms with Gasteiger partial charge in [0.2, 0.25) is 5.91 Å². The van der Waals surface area contributed by atoms with Crippen LogP contribution in [0.15, 0.2) is 58.2 Å². The summed E-state index contributed by atoms with van der Waals surface area (Å²) in [6.07, 6.45) is 2.46. The predicted octanol–water partition coefficient (Wildman–Crippen LogP) is 3.21. The van der Waals surface area contributed by atoms with E-state index in [1.54, 1.807) is 11.8 Å². The molecule has 27 heavy (non-hydrogen) atoms. The number of benzene rings is 2. The molecule has 0 saturated carbocycles. The van der Waals surface area contributed by atoms with Crippen molar-refractivity contribution in [1.29, 1.82) is 0 Å². The maximum Gasteiger partial charge on any atom is 0.326 e. The van der Waals surface area contributed by atoms with Crippen LogP contribution in [0.4, 0.5) is 0 Å². The minimum atomic E-state index is -0.0530. The van der Waals surface area contributed by atoms with E-state index in [2.05, 4.69) is 17.1 Å². The molecule has 1 saturated heterocycles. The number of aromatic amines is 1. The fourth-order valence-electron chi connectivity index (χ4n) is 4.30. The minimum Gasteiger partial charge on any atom is -0.342 e. The lowest BCUT2D eigenvalue weighted by Gasteiger charge is -2.33. The SMILES string of the molecule is O=C(C1Cc2ccccc2S1)N1CCC(n2c(=O)[nH]c3ccccc32)CC1. The molecule has 2 aromatic carbocycles. The second-order valence-electron chi connectivity index (χ2n) is 7.29. The molecule has 5 nitrogen and oxygen atoms in total. The van der Waals surface area contributed by atoms with Gasteiger partial charge in [-0.05, 0) is 43.0 Å². The Labute approximate surface area is 161 Å². The second kappa shape index (κ2) is 6.60. The van der Waals surface area contributed by atoms with E-state index >= 15 is 0 Å². The zero-order valence-electron chi connectivity index (χ0n) is 14.9. The molecular formula is C21H21N3O2S. The van der Waals surface area contributed by atoms with E-state index < -0.39 is 0 Å². The molecule has 0 spiro atoms. The quantitative estimate of drug-likeness (QED) is 0.744. The number of nitrogens with one attached hydrogen (secondary N) is 1. The van der Waals surface area contributed by atoms with Crippen LogP contribution >= 0.6 is 11.8 Å². The number of imidazole rings is 1. The Balaban J connectivity index is 1.29. The highest BCUT2D eigenvalue weighted by molar-refractivity contribution is 8.01. The van der Waals surface area contributed by atoms with Gasteiger partial charge >= 0.3 is 5.69 Å². The van der Waals surface area contributed by atoms with Crippen molar-refractivity contribution in [2.75, 3.05) is 13.1 Å². The van der Waals surface area contributed by atoms with Crippen molar-refractivity contribution in [2.24, 2.45) is 0 Å². The Hall–Kier alpha value is -2.47. The van der Waals surface area contributed by atoms with Crippen LogP contribution in [0.2, 0.25) is 0 Å². The van der Waals surface area contributed by atoms with E-state index in [0.717, 1.165) is 30.3 Å². The number of rotatable bonds is 2. The second-order valence-corrected chi connectivity index (χ2v) is 8.54. The molecule has 0 bridgehead atoms. The number of hydrogen-bond acceptors (Lipinski definition) is 3. The highest BCUT2D eigenvalue weighted by atomic mass is 32.2. The lowest BCUT2D eigenvalue weighted by atomic mass is 10.0. The van der Waals surface area contributed by atoms with Crippen molar-refractivity contribution >= 4 is 28.7 Å². The lowest BCUT2D eigenvalue weighted by Crippen LogP contribution is -2.44. The maximum atomic E-state index is 13.0. The molecule has 5 rings (SSSR count). The third kappa shape index (κ3) is 2.88. The van der Waals surface area contributed by atoms with Crippen LogP contribution in [0.25, 0.3) is 11.0 Å². The highest BCUT2D eigenvalue weighted by Gasteiger charge is 2.33. The normalized spacial score (nSPS) is 20.1. The van der Waals surface area contributed by atoms with Crippen LogP contribution in [0.1, 0.15) is 24.4 Å². The van der Waals surface area contributed by atoms with Crippen LogP contribution < -0.4 is 5.69 Å². The molecule has 1 atom stereocenters. The van der Waals surface area contributed by atoms with Crippen LogP contribution in [0.3, 0.4) is 0 Å². The summed E-state index contributed by atoms with van der Waals surface area (Å²) in [4.78, 5) is 31.5. The van der Waals surface area contributed by atoms with Gasteiger partial charge in [0.1, 0.15) is 0 Å². The summed E-state index contributed by atoms with van der Waals surface area (Å²) in [5.41, 5.74) is 3.05. The fourth-order valence-corrected chi connectivity index (χ4v) is 5.58. The average Bonchev–Trinajstić information content (AvgIpc) is 3.27. The van der Waals surface area contributed by atoms with Gasteiger partial charge in [-0.2, -0.15) is 0 Å². The summed E-state index contributed by atoms with van der Waals surface area (Å²) < 4.78 is 1.87. The van der Waals surface area contributed by atoms with Crippen LogP contribution in [0, 0.1) is 0 Å². The van der Waals surface area contributed by atoms with Gasteiger partial charge in [-0.25, -0.2) is 4.79 Å². The minimum absolute atomic E-state index is 0.00485. The van der Waals surface area contributed by atoms with Crippen LogP contribution in [-0.4, -0.2) is 38.7 Å². The zero-order valence-corrected chi connectivity index (χ0v) is 15.7. The standard InChI is InChI=1S/C21H21N3O2S/c25-20(19-13-14-5-1-4-8-18(14)27-19)23-11-9-15(10-12-23)24-17-7-3-2-6-16(17)22-21(24)26/h1-8,15,19H,9-13H2,(H,22,26). The number of amides is 1. The summed E-state index contributed by atoms with van der Waals surface area (Å²) in [6, 6.07) is 16.2. The lowest BCUT2D eigenvalue weighted by molar-refractivity contribution is -0.131. The third-order valence-electron chi connectivity index (χ3n) is 5.69. The number of carbonyl (C=O) groups excluding carboxylic acids is 1. The first-order valence-corrected chi connectivity index (χ1v) is 10.3. The molecule has 138 valence electrons. The van der Waals surface area contributed by atoms with E-state index in [9.17, 15) is 9.59 Å². The number of aromatic nitrogens is 2. The Kier molecular flexibility index (Phi) is 4.08. The molecule has 1 fully saturated rings. The Bertz CT molecular complexity index is 1040. The third-order valence-corrected chi connectivity index (χ3v) is 6.99. The summed E-state index contributed by atoms with van der Waals surface area (Å²) in [6.45, 7) is 1.42. The first-order valence-electron chi connectivity index (χ1n) is 9.43. The van der Waals surface area contributed by atoms with Crippen molar-refractivity contribution < 1.29 is 4.79 Å². The maximum absolute atomic E-state index is 13.0. The predicted molar refractivity (Wildman–Crippen MR) is 107 cm³/mol. The number of fused-ring (bicyclic) bond motifs is 2. The average molecular weight is 379 g/mol. The zero-order chi connectivity index (χ0) is 18.4. The smallest absolute Gasteiger partial charge is 0.326 e. The summed E-state index contributed by atoms with van der Waals surface area (Å²) in [5.74, 6) is 0.237. The number of likely N-dealkylation sites (tertiary alicyclic amines) is 1. The van der Waals surface area contributed by atoms with Gasteiger partial charge in [-0.15, -0.1) is 11.8 Å². The van der Waals surface area contributed by atoms with E-state index in [-0.39, 0.29) is 22.9 Å². The van der Waals surface area contributed by atoms with Crippen LogP contribution in [0.5, 0.6) is 0 Å². The van der Waals surface area contributed by atoms with Gasteiger partial charge in [0.05, 0.1) is 16.3 Å². The molecular weight excluding hydrogens is 358 g/mol. The molecule has 6 heteroatoms. The molecule has 2 aliphatic rings. The number of thioether (sulfide) groups is 1. The molecule has 3 aromatic rings. The first-order chi connectivity index (χ1) is 13.2. The Morgan fingerprint density at radius 3 is 2.59 bits per heavy atom. The van der Waals surface area contributed by atoms with Crippen molar-refractivity contribution in [2.45, 2.75) is 35.4 Å². The molecule has 2 aliphatic heterocycles. The van der Waals surface area contributed by atoms with E-state index in [0.29, 0.717) is 13.1 Å². The van der Waals surface area contributed by atoms with E-state index in [1.165, 1.54) is 10.5 Å². The monoisotopic (exact) mass is 379 g/mol. The number of H-pyrrole nitrogens is 1. The van der Waals surface area contributed by atoms with Gasteiger partial charge in [-0.1, -0.05) is 30.3 Å². The summed E-state index contributed by atoms with van der Waals surface area (Å²) in [5, 5.41) is -0.00485. The highest BCUT2D eigenvalue weighted by Crippen LogP contribution is 2.38. The Morgan fingerprint density at radius 1 is 1.04 bits per heavy atom. The van der Waals surface area contributed by atoms with Crippen molar-refractivity contribution in [1.82, 2.24) is 14.5 Å². The topological polar surface area (TPSA) is 58.1 Å². The molecule has 0 radical (unpaired) electrons. The first kappa shape index (κ1) is 16.7. The summed E-state index contributed by atoms with van der Waals surface area (Å²) in [7, 11) is 0. The number of carbonyl (C=O) groups is 1. The van der Waals surface area contributed by atoms with Gasteiger partial charge < -0.3 is 9.88 Å². The molecule has 1 N–H and O–H groups in total. The van der Waals surface area contributed by atoms with Crippen LogP contribution in [-0.2, 0) is 11.2 Å². The van der Waals surface area contributed by atoms with Gasteiger partial charge in [-0.3, -0.25) is 9.36 Å². The number of nitrogens with zero attached hydrogens (tertiary/aromatic N) is 2. The number of para-hydroxylation sites is 2. The number of hydrogen-bond donors (Lipinski definition) is 1. The molecule has 1 unspecified atom stereocenters. The Morgan fingerprint density at radius 2 is 1.78 bits per heavy atom. The van der Waals surface area contributed by atoms with Crippen molar-refractivity contribution in [3.63, 3.8) is 0 Å². The van der Waals surface area contributed by atoms with Gasteiger partial charge in [0, 0.05) is 24.0 Å². The van der Waals surface area contributed by atoms with E-state index in [1.807, 2.05) is 45.9 Å². The molecule has 1 amide bonds. The van der Waals surface area contributed by atoms with Crippen molar-refractivity contribution in [3.05, 3.63) is 64.6 Å². The number of piperidine rings is 1. The largest absolute Gasteiger partial charge is 0.342 e. The molecule has 0 aliphatic carbocycles. The fraction of sp³-hybridized carbons (Fsp3) is 0.333. The van der Waals surface area contributed by atoms with Crippen molar-refractivity contribution in [3.8, 4) is 0 Å².